The van der Waals surface area contributed by atoms with E-state index in [-0.39, 0.29) is 5.25 Å². The Morgan fingerprint density at radius 1 is 1.33 bits per heavy atom. The summed E-state index contributed by atoms with van der Waals surface area (Å²) in [6, 6.07) is 0. The van der Waals surface area contributed by atoms with Gasteiger partial charge >= 0.3 is 5.97 Å². The Hall–Kier alpha value is -0.710. The standard InChI is InChI=1S/C10H19NO3S/c1-3-5-6-8(10(13)14)15-7(4-2)9(11)12/h7-8H,3-6H2,1-2H3,(H2,11,12)(H,13,14)/t7-,8+/m1/s1. The fraction of sp³-hybridized carbons (Fsp3) is 0.800. The van der Waals surface area contributed by atoms with Crippen molar-refractivity contribution in [2.75, 3.05) is 0 Å². The summed E-state index contributed by atoms with van der Waals surface area (Å²) in [6.45, 7) is 3.84. The van der Waals surface area contributed by atoms with Crippen LogP contribution in [0.2, 0.25) is 0 Å². The number of thioether (sulfide) groups is 1. The van der Waals surface area contributed by atoms with Crippen molar-refractivity contribution in [1.82, 2.24) is 0 Å². The minimum atomic E-state index is -0.854. The maximum absolute atomic E-state index is 11.0. The van der Waals surface area contributed by atoms with E-state index in [1.807, 2.05) is 13.8 Å². The zero-order chi connectivity index (χ0) is 11.8. The highest BCUT2D eigenvalue weighted by Crippen LogP contribution is 2.24. The number of nitrogens with two attached hydrogens (primary N) is 1. The molecule has 0 aromatic rings. The first-order chi connectivity index (χ1) is 7.02. The van der Waals surface area contributed by atoms with Crippen LogP contribution in [-0.2, 0) is 9.59 Å². The Balaban J connectivity index is 4.25. The summed E-state index contributed by atoms with van der Waals surface area (Å²) in [5, 5.41) is 8.06. The molecule has 0 spiro atoms. The molecule has 0 aromatic heterocycles. The molecule has 5 heteroatoms. The van der Waals surface area contributed by atoms with E-state index in [2.05, 4.69) is 0 Å². The van der Waals surface area contributed by atoms with Crippen LogP contribution in [-0.4, -0.2) is 27.5 Å². The van der Waals surface area contributed by atoms with E-state index in [0.29, 0.717) is 12.8 Å². The monoisotopic (exact) mass is 233 g/mol. The Morgan fingerprint density at radius 2 is 1.93 bits per heavy atom. The van der Waals surface area contributed by atoms with Gasteiger partial charge in [0.1, 0.15) is 5.25 Å². The Morgan fingerprint density at radius 3 is 2.27 bits per heavy atom. The van der Waals surface area contributed by atoms with Gasteiger partial charge in [0.25, 0.3) is 0 Å². The molecular formula is C10H19NO3S. The number of carbonyl (C=O) groups is 2. The summed E-state index contributed by atoms with van der Waals surface area (Å²) in [7, 11) is 0. The van der Waals surface area contributed by atoms with Gasteiger partial charge in [0.05, 0.1) is 5.25 Å². The molecule has 0 unspecified atom stereocenters. The lowest BCUT2D eigenvalue weighted by atomic mass is 10.2. The topological polar surface area (TPSA) is 80.4 Å². The smallest absolute Gasteiger partial charge is 0.316 e. The minimum absolute atomic E-state index is 0.386. The molecule has 1 amide bonds. The van der Waals surface area contributed by atoms with Crippen LogP contribution < -0.4 is 5.73 Å². The van der Waals surface area contributed by atoms with Crippen molar-refractivity contribution >= 4 is 23.6 Å². The molecule has 88 valence electrons. The Kier molecular flexibility index (Phi) is 7.21. The quantitative estimate of drug-likeness (QED) is 0.667. The summed E-state index contributed by atoms with van der Waals surface area (Å²) < 4.78 is 0. The highest BCUT2D eigenvalue weighted by Gasteiger charge is 2.24. The van der Waals surface area contributed by atoms with Gasteiger partial charge in [-0.1, -0.05) is 26.7 Å². The normalized spacial score (nSPS) is 14.5. The lowest BCUT2D eigenvalue weighted by molar-refractivity contribution is -0.136. The van der Waals surface area contributed by atoms with E-state index < -0.39 is 17.1 Å². The van der Waals surface area contributed by atoms with Gasteiger partial charge in [0.2, 0.25) is 5.91 Å². The zero-order valence-electron chi connectivity index (χ0n) is 9.23. The largest absolute Gasteiger partial charge is 0.480 e. The van der Waals surface area contributed by atoms with Gasteiger partial charge in [0, 0.05) is 0 Å². The molecule has 0 radical (unpaired) electrons. The maximum Gasteiger partial charge on any atom is 0.316 e. The van der Waals surface area contributed by atoms with E-state index in [1.54, 1.807) is 0 Å². The van der Waals surface area contributed by atoms with Crippen LogP contribution >= 0.6 is 11.8 Å². The lowest BCUT2D eigenvalue weighted by Crippen LogP contribution is -2.29. The summed E-state index contributed by atoms with van der Waals surface area (Å²) in [6.07, 6.45) is 2.99. The van der Waals surface area contributed by atoms with E-state index in [9.17, 15) is 9.59 Å². The summed E-state index contributed by atoms with van der Waals surface area (Å²) >= 11 is 1.17. The number of amides is 1. The highest BCUT2D eigenvalue weighted by atomic mass is 32.2. The molecule has 0 rings (SSSR count). The van der Waals surface area contributed by atoms with Gasteiger partial charge in [-0.05, 0) is 12.8 Å². The van der Waals surface area contributed by atoms with Gasteiger partial charge < -0.3 is 10.8 Å². The molecule has 0 aliphatic rings. The molecule has 0 aliphatic heterocycles. The highest BCUT2D eigenvalue weighted by molar-refractivity contribution is 8.01. The summed E-state index contributed by atoms with van der Waals surface area (Å²) in [5.74, 6) is -1.28. The molecule has 0 bridgehead atoms. The first kappa shape index (κ1) is 14.3. The third-order valence-corrected chi connectivity index (χ3v) is 3.77. The number of carbonyl (C=O) groups excluding carboxylic acids is 1. The van der Waals surface area contributed by atoms with Crippen LogP contribution in [0.25, 0.3) is 0 Å². The van der Waals surface area contributed by atoms with Gasteiger partial charge in [0.15, 0.2) is 0 Å². The number of aliphatic carboxylic acids is 1. The molecule has 0 aliphatic carbocycles. The summed E-state index contributed by atoms with van der Waals surface area (Å²) in [5.41, 5.74) is 5.17. The average Bonchev–Trinajstić information content (AvgIpc) is 2.17. The van der Waals surface area contributed by atoms with Crippen molar-refractivity contribution in [3.05, 3.63) is 0 Å². The van der Waals surface area contributed by atoms with E-state index in [4.69, 9.17) is 10.8 Å². The number of hydrogen-bond acceptors (Lipinski definition) is 3. The van der Waals surface area contributed by atoms with Gasteiger partial charge in [-0.2, -0.15) is 0 Å². The number of carboxylic acids is 1. The van der Waals surface area contributed by atoms with Crippen LogP contribution in [0.1, 0.15) is 39.5 Å². The molecule has 2 atom stereocenters. The molecule has 4 nitrogen and oxygen atoms in total. The number of primary amides is 1. The SMILES string of the molecule is CCCC[C@H](S[C@H](CC)C(N)=O)C(=O)O. The fourth-order valence-electron chi connectivity index (χ4n) is 1.20. The molecule has 3 N–H and O–H groups in total. The van der Waals surface area contributed by atoms with Crippen molar-refractivity contribution in [2.24, 2.45) is 5.73 Å². The van der Waals surface area contributed by atoms with Crippen LogP contribution in [0.5, 0.6) is 0 Å². The van der Waals surface area contributed by atoms with E-state index in [1.165, 1.54) is 11.8 Å². The lowest BCUT2D eigenvalue weighted by Gasteiger charge is -2.16. The van der Waals surface area contributed by atoms with Crippen LogP contribution in [0, 0.1) is 0 Å². The van der Waals surface area contributed by atoms with Crippen LogP contribution in [0.15, 0.2) is 0 Å². The van der Waals surface area contributed by atoms with Crippen molar-refractivity contribution < 1.29 is 14.7 Å². The molecule has 0 fully saturated rings. The second-order valence-electron chi connectivity index (χ2n) is 3.40. The zero-order valence-corrected chi connectivity index (χ0v) is 10.0. The average molecular weight is 233 g/mol. The fourth-order valence-corrected chi connectivity index (χ4v) is 2.34. The second-order valence-corrected chi connectivity index (χ2v) is 4.81. The van der Waals surface area contributed by atoms with Gasteiger partial charge in [-0.25, -0.2) is 0 Å². The maximum atomic E-state index is 11.0. The van der Waals surface area contributed by atoms with Crippen LogP contribution in [0.4, 0.5) is 0 Å². The third kappa shape index (κ3) is 5.67. The Labute approximate surface area is 94.6 Å². The molecule has 0 saturated heterocycles. The van der Waals surface area contributed by atoms with Gasteiger partial charge in [-0.15, -0.1) is 11.8 Å². The summed E-state index contributed by atoms with van der Waals surface area (Å²) in [4.78, 5) is 21.9. The molecule has 0 saturated carbocycles. The first-order valence-corrected chi connectivity index (χ1v) is 6.14. The number of unbranched alkanes of at least 4 members (excludes halogenated alkanes) is 1. The number of rotatable bonds is 8. The van der Waals surface area contributed by atoms with Crippen molar-refractivity contribution in [3.8, 4) is 0 Å². The van der Waals surface area contributed by atoms with Crippen LogP contribution in [0.3, 0.4) is 0 Å². The Bertz CT molecular complexity index is 221. The van der Waals surface area contributed by atoms with Crippen molar-refractivity contribution in [3.63, 3.8) is 0 Å². The molecule has 0 heterocycles. The van der Waals surface area contributed by atoms with Gasteiger partial charge in [-0.3, -0.25) is 9.59 Å². The second kappa shape index (κ2) is 7.56. The minimum Gasteiger partial charge on any atom is -0.480 e. The third-order valence-electron chi connectivity index (χ3n) is 2.11. The van der Waals surface area contributed by atoms with Crippen molar-refractivity contribution in [2.45, 2.75) is 50.0 Å². The van der Waals surface area contributed by atoms with Crippen molar-refractivity contribution in [1.29, 1.82) is 0 Å². The van der Waals surface area contributed by atoms with E-state index >= 15 is 0 Å². The predicted octanol–water partition coefficient (Wildman–Crippen LogP) is 1.63. The van der Waals surface area contributed by atoms with E-state index in [0.717, 1.165) is 12.8 Å². The molecule has 15 heavy (non-hydrogen) atoms. The molecule has 0 aromatic carbocycles. The predicted molar refractivity (Wildman–Crippen MR) is 61.8 cm³/mol. The number of carboxylic acid groups (broad SMARTS) is 1. The molecular weight excluding hydrogens is 214 g/mol. The number of hydrogen-bond donors (Lipinski definition) is 2. The first-order valence-electron chi connectivity index (χ1n) is 5.20.